The topological polar surface area (TPSA) is 46.3 Å². The molecule has 2 rings (SSSR count). The van der Waals surface area contributed by atoms with Gasteiger partial charge in [0.25, 0.3) is 0 Å². The molecule has 0 spiro atoms. The average Bonchev–Trinajstić information content (AvgIpc) is 2.58. The molecule has 0 aliphatic rings. The van der Waals surface area contributed by atoms with E-state index in [1.807, 2.05) is 0 Å². The molecule has 1 heterocycles. The Morgan fingerprint density at radius 1 is 1.17 bits per heavy atom. The maximum Gasteiger partial charge on any atom is 0.225 e. The minimum absolute atomic E-state index is 0.241. The SMILES string of the molecule is Oc1ccc(-c2ncco2)cc1. The van der Waals surface area contributed by atoms with Crippen molar-refractivity contribution in [2.24, 2.45) is 0 Å². The van der Waals surface area contributed by atoms with Crippen LogP contribution < -0.4 is 0 Å². The Labute approximate surface area is 69.3 Å². The third-order valence-electron chi connectivity index (χ3n) is 1.55. The summed E-state index contributed by atoms with van der Waals surface area (Å²) in [5, 5.41) is 9.00. The van der Waals surface area contributed by atoms with Crippen LogP contribution >= 0.6 is 0 Å². The van der Waals surface area contributed by atoms with Crippen molar-refractivity contribution in [1.82, 2.24) is 4.98 Å². The molecule has 1 N–H and O–H groups in total. The minimum Gasteiger partial charge on any atom is -0.508 e. The minimum atomic E-state index is 0.241. The highest BCUT2D eigenvalue weighted by Gasteiger charge is 2.00. The first-order valence-corrected chi connectivity index (χ1v) is 3.55. The van der Waals surface area contributed by atoms with E-state index in [1.165, 1.54) is 6.26 Å². The van der Waals surface area contributed by atoms with Crippen LogP contribution in [0.1, 0.15) is 0 Å². The Balaban J connectivity index is 2.43. The van der Waals surface area contributed by atoms with Crippen molar-refractivity contribution in [2.75, 3.05) is 0 Å². The molecule has 0 saturated heterocycles. The fourth-order valence-electron chi connectivity index (χ4n) is 0.970. The lowest BCUT2D eigenvalue weighted by Crippen LogP contribution is -1.74. The summed E-state index contributed by atoms with van der Waals surface area (Å²) in [5.74, 6) is 0.806. The molecule has 0 atom stereocenters. The van der Waals surface area contributed by atoms with Crippen molar-refractivity contribution < 1.29 is 9.52 Å². The van der Waals surface area contributed by atoms with Crippen molar-refractivity contribution in [3.05, 3.63) is 36.7 Å². The summed E-state index contributed by atoms with van der Waals surface area (Å²) in [4.78, 5) is 3.97. The Hall–Kier alpha value is -1.77. The van der Waals surface area contributed by atoms with Crippen LogP contribution in [0.5, 0.6) is 5.75 Å². The highest BCUT2D eigenvalue weighted by molar-refractivity contribution is 5.53. The van der Waals surface area contributed by atoms with E-state index < -0.39 is 0 Å². The van der Waals surface area contributed by atoms with Gasteiger partial charge in [-0.15, -0.1) is 0 Å². The summed E-state index contributed by atoms with van der Waals surface area (Å²) >= 11 is 0. The molecule has 3 nitrogen and oxygen atoms in total. The predicted octanol–water partition coefficient (Wildman–Crippen LogP) is 2.05. The zero-order chi connectivity index (χ0) is 8.39. The van der Waals surface area contributed by atoms with Gasteiger partial charge in [0.2, 0.25) is 5.89 Å². The molecule has 60 valence electrons. The summed E-state index contributed by atoms with van der Waals surface area (Å²) in [6.07, 6.45) is 3.10. The molecule has 0 radical (unpaired) electrons. The monoisotopic (exact) mass is 161 g/mol. The number of nitrogens with zero attached hydrogens (tertiary/aromatic N) is 1. The van der Waals surface area contributed by atoms with Crippen molar-refractivity contribution in [2.45, 2.75) is 0 Å². The molecule has 0 bridgehead atoms. The van der Waals surface area contributed by atoms with Crippen molar-refractivity contribution in [3.63, 3.8) is 0 Å². The van der Waals surface area contributed by atoms with E-state index in [2.05, 4.69) is 4.98 Å². The van der Waals surface area contributed by atoms with Crippen LogP contribution in [0.2, 0.25) is 0 Å². The number of rotatable bonds is 1. The third kappa shape index (κ3) is 1.16. The Kier molecular flexibility index (Phi) is 1.55. The summed E-state index contributed by atoms with van der Waals surface area (Å²) < 4.78 is 5.07. The zero-order valence-corrected chi connectivity index (χ0v) is 6.27. The fourth-order valence-corrected chi connectivity index (χ4v) is 0.970. The summed E-state index contributed by atoms with van der Waals surface area (Å²) in [7, 11) is 0. The molecule has 0 unspecified atom stereocenters. The second-order valence-corrected chi connectivity index (χ2v) is 2.38. The van der Waals surface area contributed by atoms with Gasteiger partial charge < -0.3 is 9.52 Å². The van der Waals surface area contributed by atoms with Crippen LogP contribution in [0.25, 0.3) is 11.5 Å². The van der Waals surface area contributed by atoms with E-state index in [4.69, 9.17) is 9.52 Å². The zero-order valence-electron chi connectivity index (χ0n) is 6.27. The number of phenols is 1. The van der Waals surface area contributed by atoms with Gasteiger partial charge in [-0.1, -0.05) is 0 Å². The maximum absolute atomic E-state index is 9.00. The molecule has 3 heteroatoms. The molecule has 2 aromatic rings. The summed E-state index contributed by atoms with van der Waals surface area (Å²) in [5.41, 5.74) is 0.859. The van der Waals surface area contributed by atoms with E-state index in [0.29, 0.717) is 5.89 Å². The lowest BCUT2D eigenvalue weighted by molar-refractivity contribution is 0.475. The van der Waals surface area contributed by atoms with Gasteiger partial charge in [-0.05, 0) is 24.3 Å². The molecule has 0 saturated carbocycles. The standard InChI is InChI=1S/C9H7NO2/c11-8-3-1-7(2-4-8)9-10-5-6-12-9/h1-6,11H. The van der Waals surface area contributed by atoms with Crippen LogP contribution in [0, 0.1) is 0 Å². The number of hydrogen-bond donors (Lipinski definition) is 1. The molecular formula is C9H7NO2. The number of hydrogen-bond acceptors (Lipinski definition) is 3. The number of aromatic nitrogens is 1. The molecule has 0 amide bonds. The Bertz CT molecular complexity index is 351. The first-order chi connectivity index (χ1) is 5.86. The van der Waals surface area contributed by atoms with Gasteiger partial charge in [0.1, 0.15) is 12.0 Å². The lowest BCUT2D eigenvalue weighted by Gasteiger charge is -1.94. The molecule has 1 aromatic heterocycles. The van der Waals surface area contributed by atoms with E-state index in [1.54, 1.807) is 30.5 Å². The van der Waals surface area contributed by atoms with Gasteiger partial charge in [-0.2, -0.15) is 0 Å². The van der Waals surface area contributed by atoms with Crippen molar-refractivity contribution >= 4 is 0 Å². The van der Waals surface area contributed by atoms with Gasteiger partial charge in [0.05, 0.1) is 6.20 Å². The number of benzene rings is 1. The molecule has 0 aliphatic carbocycles. The molecule has 12 heavy (non-hydrogen) atoms. The molecule has 1 aromatic carbocycles. The van der Waals surface area contributed by atoms with Crippen LogP contribution in [0.3, 0.4) is 0 Å². The van der Waals surface area contributed by atoms with Crippen LogP contribution in [-0.2, 0) is 0 Å². The third-order valence-corrected chi connectivity index (χ3v) is 1.55. The normalized spacial score (nSPS) is 10.0. The first kappa shape index (κ1) is 6.91. The number of oxazole rings is 1. The van der Waals surface area contributed by atoms with Gasteiger partial charge in [0.15, 0.2) is 0 Å². The predicted molar refractivity (Wildman–Crippen MR) is 43.6 cm³/mol. The van der Waals surface area contributed by atoms with Gasteiger partial charge in [-0.25, -0.2) is 4.98 Å². The fraction of sp³-hybridized carbons (Fsp3) is 0. The summed E-state index contributed by atoms with van der Waals surface area (Å²) in [6.45, 7) is 0. The smallest absolute Gasteiger partial charge is 0.225 e. The number of phenolic OH excluding ortho intramolecular Hbond substituents is 1. The molecular weight excluding hydrogens is 154 g/mol. The highest BCUT2D eigenvalue weighted by atomic mass is 16.3. The molecule has 0 fully saturated rings. The van der Waals surface area contributed by atoms with Crippen LogP contribution in [-0.4, -0.2) is 10.1 Å². The average molecular weight is 161 g/mol. The Morgan fingerprint density at radius 3 is 2.50 bits per heavy atom. The first-order valence-electron chi connectivity index (χ1n) is 3.55. The van der Waals surface area contributed by atoms with Crippen molar-refractivity contribution in [1.29, 1.82) is 0 Å². The Morgan fingerprint density at radius 2 is 1.92 bits per heavy atom. The maximum atomic E-state index is 9.00. The van der Waals surface area contributed by atoms with Crippen LogP contribution in [0.4, 0.5) is 0 Å². The quantitative estimate of drug-likeness (QED) is 0.696. The van der Waals surface area contributed by atoms with E-state index in [0.717, 1.165) is 5.56 Å². The van der Waals surface area contributed by atoms with Gasteiger partial charge >= 0.3 is 0 Å². The number of aromatic hydroxyl groups is 1. The van der Waals surface area contributed by atoms with Crippen LogP contribution in [0.15, 0.2) is 41.1 Å². The summed E-state index contributed by atoms with van der Waals surface area (Å²) in [6, 6.07) is 6.70. The van der Waals surface area contributed by atoms with E-state index in [9.17, 15) is 0 Å². The largest absolute Gasteiger partial charge is 0.508 e. The highest BCUT2D eigenvalue weighted by Crippen LogP contribution is 2.19. The second-order valence-electron chi connectivity index (χ2n) is 2.38. The van der Waals surface area contributed by atoms with Gasteiger partial charge in [-0.3, -0.25) is 0 Å². The van der Waals surface area contributed by atoms with Crippen molar-refractivity contribution in [3.8, 4) is 17.2 Å². The van der Waals surface area contributed by atoms with E-state index in [-0.39, 0.29) is 5.75 Å². The second kappa shape index (κ2) is 2.70. The lowest BCUT2D eigenvalue weighted by atomic mass is 10.2. The van der Waals surface area contributed by atoms with Gasteiger partial charge in [0, 0.05) is 5.56 Å². The van der Waals surface area contributed by atoms with E-state index >= 15 is 0 Å². The molecule has 0 aliphatic heterocycles.